The lowest BCUT2D eigenvalue weighted by atomic mass is 10.1. The van der Waals surface area contributed by atoms with Gasteiger partial charge in [-0.25, -0.2) is 0 Å². The molecule has 0 aliphatic rings. The van der Waals surface area contributed by atoms with E-state index in [1.165, 1.54) is 15.8 Å². The van der Waals surface area contributed by atoms with Gasteiger partial charge in [0, 0.05) is 0 Å². The molecule has 15 heavy (non-hydrogen) atoms. The van der Waals surface area contributed by atoms with Crippen LogP contribution in [0.1, 0.15) is 11.1 Å². The zero-order valence-electron chi connectivity index (χ0n) is 8.48. The Hall–Kier alpha value is -1.62. The largest absolute Gasteiger partial charge is 0.368 e. The number of hydrogen-bond donors (Lipinski definition) is 1. The standard InChI is InChI=1S/C10H10N4S/c1-5-3-6(2)8-7(4-5)15-10-13-12-9(11)14(8)10/h3-4H,1-2H3,(H2,11,12). The van der Waals surface area contributed by atoms with Crippen LogP contribution in [-0.4, -0.2) is 14.6 Å². The molecule has 0 spiro atoms. The molecule has 3 rings (SSSR count). The van der Waals surface area contributed by atoms with Crippen molar-refractivity contribution in [2.24, 2.45) is 0 Å². The summed E-state index contributed by atoms with van der Waals surface area (Å²) in [6.07, 6.45) is 0. The third kappa shape index (κ3) is 1.07. The average Bonchev–Trinajstić information content (AvgIpc) is 2.66. The molecule has 76 valence electrons. The number of nitrogens with zero attached hydrogens (tertiary/aromatic N) is 3. The fraction of sp³-hybridized carbons (Fsp3) is 0.200. The quantitative estimate of drug-likeness (QED) is 0.629. The van der Waals surface area contributed by atoms with E-state index in [0.717, 1.165) is 10.5 Å². The molecule has 0 saturated heterocycles. The molecule has 3 aromatic rings. The Kier molecular flexibility index (Phi) is 1.56. The van der Waals surface area contributed by atoms with Crippen LogP contribution in [-0.2, 0) is 0 Å². The van der Waals surface area contributed by atoms with Gasteiger partial charge in [-0.3, -0.25) is 4.40 Å². The molecular weight excluding hydrogens is 208 g/mol. The van der Waals surface area contributed by atoms with E-state index in [0.29, 0.717) is 5.95 Å². The molecule has 0 aliphatic heterocycles. The van der Waals surface area contributed by atoms with Crippen LogP contribution >= 0.6 is 11.3 Å². The Morgan fingerprint density at radius 3 is 2.87 bits per heavy atom. The summed E-state index contributed by atoms with van der Waals surface area (Å²) in [5, 5.41) is 7.90. The van der Waals surface area contributed by atoms with Crippen molar-refractivity contribution in [1.29, 1.82) is 0 Å². The van der Waals surface area contributed by atoms with Crippen LogP contribution in [0.3, 0.4) is 0 Å². The van der Waals surface area contributed by atoms with E-state index in [-0.39, 0.29) is 0 Å². The topological polar surface area (TPSA) is 56.2 Å². The van der Waals surface area contributed by atoms with Gasteiger partial charge in [0.2, 0.25) is 10.9 Å². The fourth-order valence-electron chi connectivity index (χ4n) is 1.94. The van der Waals surface area contributed by atoms with Crippen molar-refractivity contribution in [3.05, 3.63) is 23.3 Å². The minimum absolute atomic E-state index is 0.461. The number of thiazole rings is 1. The monoisotopic (exact) mass is 218 g/mol. The Labute approximate surface area is 90.3 Å². The molecule has 0 saturated carbocycles. The van der Waals surface area contributed by atoms with Gasteiger partial charge in [0.1, 0.15) is 0 Å². The molecule has 2 heterocycles. The number of anilines is 1. The number of rotatable bonds is 0. The minimum atomic E-state index is 0.461. The van der Waals surface area contributed by atoms with Gasteiger partial charge in [0.05, 0.1) is 10.2 Å². The van der Waals surface area contributed by atoms with Gasteiger partial charge in [-0.05, 0) is 31.0 Å². The van der Waals surface area contributed by atoms with Gasteiger partial charge < -0.3 is 5.73 Å². The molecule has 0 aliphatic carbocycles. The molecule has 0 fully saturated rings. The second-order valence-electron chi connectivity index (χ2n) is 3.71. The normalized spacial score (nSPS) is 11.6. The summed E-state index contributed by atoms with van der Waals surface area (Å²) in [5.74, 6) is 0.461. The summed E-state index contributed by atoms with van der Waals surface area (Å²) in [4.78, 5) is 0.858. The zero-order chi connectivity index (χ0) is 10.6. The van der Waals surface area contributed by atoms with Crippen molar-refractivity contribution < 1.29 is 0 Å². The lowest BCUT2D eigenvalue weighted by Crippen LogP contribution is -1.94. The van der Waals surface area contributed by atoms with E-state index in [9.17, 15) is 0 Å². The molecule has 0 radical (unpaired) electrons. The van der Waals surface area contributed by atoms with Crippen LogP contribution in [0.5, 0.6) is 0 Å². The first-order valence-electron chi connectivity index (χ1n) is 4.67. The van der Waals surface area contributed by atoms with Gasteiger partial charge in [0.15, 0.2) is 0 Å². The highest BCUT2D eigenvalue weighted by molar-refractivity contribution is 7.23. The van der Waals surface area contributed by atoms with E-state index in [2.05, 4.69) is 36.2 Å². The molecule has 2 N–H and O–H groups in total. The highest BCUT2D eigenvalue weighted by atomic mass is 32.1. The maximum absolute atomic E-state index is 5.79. The number of nitrogens with two attached hydrogens (primary N) is 1. The number of aryl methyl sites for hydroxylation is 2. The van der Waals surface area contributed by atoms with Gasteiger partial charge in [-0.15, -0.1) is 10.2 Å². The van der Waals surface area contributed by atoms with Crippen molar-refractivity contribution in [2.45, 2.75) is 13.8 Å². The predicted octanol–water partition coefficient (Wildman–Crippen LogP) is 2.14. The maximum Gasteiger partial charge on any atom is 0.227 e. The number of aromatic nitrogens is 3. The lowest BCUT2D eigenvalue weighted by Gasteiger charge is -1.99. The van der Waals surface area contributed by atoms with Crippen LogP contribution in [0.25, 0.3) is 15.2 Å². The zero-order valence-corrected chi connectivity index (χ0v) is 9.30. The van der Waals surface area contributed by atoms with Crippen LogP contribution in [0.4, 0.5) is 5.95 Å². The van der Waals surface area contributed by atoms with E-state index < -0.39 is 0 Å². The number of nitrogen functional groups attached to an aromatic ring is 1. The summed E-state index contributed by atoms with van der Waals surface area (Å²) >= 11 is 1.62. The van der Waals surface area contributed by atoms with Crippen LogP contribution < -0.4 is 5.73 Å². The molecule has 0 amide bonds. The Morgan fingerprint density at radius 2 is 2.07 bits per heavy atom. The average molecular weight is 218 g/mol. The molecule has 0 bridgehead atoms. The second-order valence-corrected chi connectivity index (χ2v) is 4.72. The van der Waals surface area contributed by atoms with Crippen LogP contribution in [0, 0.1) is 13.8 Å². The Balaban J connectivity index is 2.63. The molecule has 0 atom stereocenters. The fourth-order valence-corrected chi connectivity index (χ4v) is 3.09. The first kappa shape index (κ1) is 8.67. The first-order chi connectivity index (χ1) is 7.16. The van der Waals surface area contributed by atoms with Gasteiger partial charge >= 0.3 is 0 Å². The van der Waals surface area contributed by atoms with Gasteiger partial charge in [-0.1, -0.05) is 17.4 Å². The van der Waals surface area contributed by atoms with Crippen molar-refractivity contribution in [3.8, 4) is 0 Å². The van der Waals surface area contributed by atoms with Crippen molar-refractivity contribution in [3.63, 3.8) is 0 Å². The van der Waals surface area contributed by atoms with E-state index in [4.69, 9.17) is 5.73 Å². The van der Waals surface area contributed by atoms with Crippen molar-refractivity contribution in [1.82, 2.24) is 14.6 Å². The van der Waals surface area contributed by atoms with Crippen molar-refractivity contribution in [2.75, 3.05) is 5.73 Å². The van der Waals surface area contributed by atoms with Crippen molar-refractivity contribution >= 4 is 32.5 Å². The molecule has 1 aromatic carbocycles. The number of benzene rings is 1. The van der Waals surface area contributed by atoms with E-state index >= 15 is 0 Å². The summed E-state index contributed by atoms with van der Waals surface area (Å²) in [6, 6.07) is 4.30. The third-order valence-electron chi connectivity index (χ3n) is 2.49. The summed E-state index contributed by atoms with van der Waals surface area (Å²) in [5.41, 5.74) is 9.39. The summed E-state index contributed by atoms with van der Waals surface area (Å²) < 4.78 is 3.12. The molecular formula is C10H10N4S. The Morgan fingerprint density at radius 1 is 1.27 bits per heavy atom. The highest BCUT2D eigenvalue weighted by Crippen LogP contribution is 2.30. The van der Waals surface area contributed by atoms with E-state index in [1.807, 2.05) is 4.40 Å². The minimum Gasteiger partial charge on any atom is -0.368 e. The SMILES string of the molecule is Cc1cc(C)c2c(c1)sc1nnc(N)n12. The smallest absolute Gasteiger partial charge is 0.227 e. The maximum atomic E-state index is 5.79. The Bertz CT molecular complexity index is 665. The second kappa shape index (κ2) is 2.70. The molecule has 4 nitrogen and oxygen atoms in total. The summed E-state index contributed by atoms with van der Waals surface area (Å²) in [6.45, 7) is 4.18. The van der Waals surface area contributed by atoms with Gasteiger partial charge in [-0.2, -0.15) is 0 Å². The molecule has 5 heteroatoms. The molecule has 2 aromatic heterocycles. The third-order valence-corrected chi connectivity index (χ3v) is 3.47. The van der Waals surface area contributed by atoms with Crippen LogP contribution in [0.2, 0.25) is 0 Å². The first-order valence-corrected chi connectivity index (χ1v) is 5.49. The lowest BCUT2D eigenvalue weighted by molar-refractivity contribution is 1.12. The number of fused-ring (bicyclic) bond motifs is 3. The van der Waals surface area contributed by atoms with Gasteiger partial charge in [0.25, 0.3) is 0 Å². The van der Waals surface area contributed by atoms with Crippen LogP contribution in [0.15, 0.2) is 12.1 Å². The van der Waals surface area contributed by atoms with E-state index in [1.54, 1.807) is 11.3 Å². The highest BCUT2D eigenvalue weighted by Gasteiger charge is 2.11. The number of hydrogen-bond acceptors (Lipinski definition) is 4. The predicted molar refractivity (Wildman–Crippen MR) is 62.3 cm³/mol. The summed E-state index contributed by atoms with van der Waals surface area (Å²) in [7, 11) is 0. The molecule has 0 unspecified atom stereocenters.